The molecule has 0 fully saturated rings. The Morgan fingerprint density at radius 2 is 1.96 bits per heavy atom. The van der Waals surface area contributed by atoms with Crippen LogP contribution in [0.3, 0.4) is 0 Å². The first-order valence-electron chi connectivity index (χ1n) is 9.15. The highest BCUT2D eigenvalue weighted by molar-refractivity contribution is 5.67. The van der Waals surface area contributed by atoms with Crippen LogP contribution in [0.4, 0.5) is 4.79 Å². The first kappa shape index (κ1) is 21.9. The second-order valence-electron chi connectivity index (χ2n) is 6.65. The Bertz CT molecular complexity index is 511. The summed E-state index contributed by atoms with van der Waals surface area (Å²) in [7, 11) is 0. The van der Waals surface area contributed by atoms with Crippen molar-refractivity contribution in [2.24, 2.45) is 11.7 Å². The van der Waals surface area contributed by atoms with Crippen molar-refractivity contribution < 1.29 is 14.3 Å². The maximum Gasteiger partial charge on any atom is 0.407 e. The lowest BCUT2D eigenvalue weighted by Gasteiger charge is -2.27. The average Bonchev–Trinajstić information content (AvgIpc) is 2.61. The van der Waals surface area contributed by atoms with E-state index in [1.807, 2.05) is 30.3 Å². The molecule has 1 rings (SSSR count). The maximum absolute atomic E-state index is 12.1. The summed E-state index contributed by atoms with van der Waals surface area (Å²) in [5, 5.41) is 8.79. The molecular weight excluding hydrogens is 332 g/mol. The topological polar surface area (TPSA) is 105 Å². The number of hydrogen-bond acceptors (Lipinski definition) is 5. The molecule has 0 spiro atoms. The molecule has 5 N–H and O–H groups in total. The number of ether oxygens (including phenoxy) is 1. The first-order valence-corrected chi connectivity index (χ1v) is 9.15. The zero-order chi connectivity index (χ0) is 19.2. The third-order valence-corrected chi connectivity index (χ3v) is 3.84. The molecule has 7 heteroatoms. The van der Waals surface area contributed by atoms with Gasteiger partial charge in [0.1, 0.15) is 6.10 Å². The van der Waals surface area contributed by atoms with Crippen molar-refractivity contribution in [3.05, 3.63) is 35.9 Å². The molecule has 0 heterocycles. The van der Waals surface area contributed by atoms with E-state index in [1.54, 1.807) is 0 Å². The van der Waals surface area contributed by atoms with Crippen molar-refractivity contribution in [2.45, 2.75) is 38.8 Å². The fraction of sp³-hybridized carbons (Fsp3) is 0.579. The van der Waals surface area contributed by atoms with Gasteiger partial charge in [0.15, 0.2) is 0 Å². The van der Waals surface area contributed by atoms with E-state index in [-0.39, 0.29) is 6.04 Å². The van der Waals surface area contributed by atoms with E-state index >= 15 is 0 Å². The van der Waals surface area contributed by atoms with E-state index in [1.165, 1.54) is 0 Å². The molecule has 26 heavy (non-hydrogen) atoms. The van der Waals surface area contributed by atoms with Crippen LogP contribution in [0, 0.1) is 5.92 Å². The molecule has 2 amide bonds. The second kappa shape index (κ2) is 13.1. The fourth-order valence-corrected chi connectivity index (χ4v) is 2.51. The summed E-state index contributed by atoms with van der Waals surface area (Å²) in [5.74, 6) is 0.473. The number of nitrogens with one attached hydrogen (secondary N) is 3. The Balaban J connectivity index is 2.75. The third kappa shape index (κ3) is 9.39. The smallest absolute Gasteiger partial charge is 0.407 e. The van der Waals surface area contributed by atoms with Gasteiger partial charge in [0, 0.05) is 13.1 Å². The van der Waals surface area contributed by atoms with Gasteiger partial charge in [-0.1, -0.05) is 44.2 Å². The molecule has 0 aliphatic rings. The lowest BCUT2D eigenvalue weighted by Crippen LogP contribution is -2.50. The largest absolute Gasteiger partial charge is 0.443 e. The number of carbonyl (C=O) groups is 2. The summed E-state index contributed by atoms with van der Waals surface area (Å²) in [6, 6.07) is 9.47. The van der Waals surface area contributed by atoms with E-state index < -0.39 is 12.2 Å². The van der Waals surface area contributed by atoms with Crippen LogP contribution in [-0.4, -0.2) is 50.8 Å². The average molecular weight is 364 g/mol. The molecular formula is C19H32N4O3. The highest BCUT2D eigenvalue weighted by Crippen LogP contribution is 2.09. The lowest BCUT2D eigenvalue weighted by molar-refractivity contribution is -0.111. The van der Waals surface area contributed by atoms with Crippen molar-refractivity contribution >= 4 is 12.5 Å². The number of carbonyl (C=O) groups excluding carboxylic acids is 2. The zero-order valence-electron chi connectivity index (χ0n) is 15.7. The summed E-state index contributed by atoms with van der Waals surface area (Å²) in [5.41, 5.74) is 6.50. The molecule has 2 atom stereocenters. The van der Waals surface area contributed by atoms with Crippen LogP contribution in [-0.2, 0) is 16.0 Å². The van der Waals surface area contributed by atoms with Crippen LogP contribution < -0.4 is 21.7 Å². The Kier molecular flexibility index (Phi) is 11.1. The van der Waals surface area contributed by atoms with Gasteiger partial charge < -0.3 is 26.4 Å². The standard InChI is InChI=1S/C19H32N4O3/c1-15(2)12-21-13-18(26-19(25)22-10-6-9-20)17(23-14-24)11-16-7-4-3-5-8-16/h3-5,7-8,14-15,17-18,21H,6,9-13,20H2,1-2H3,(H,22,25)(H,23,24)/t17-,18+/m0/s1. The predicted octanol–water partition coefficient (Wildman–Crippen LogP) is 1.03. The highest BCUT2D eigenvalue weighted by atomic mass is 16.6. The molecule has 0 radical (unpaired) electrons. The number of rotatable bonds is 13. The zero-order valence-corrected chi connectivity index (χ0v) is 15.7. The number of nitrogens with two attached hydrogens (primary N) is 1. The Morgan fingerprint density at radius 1 is 1.23 bits per heavy atom. The molecule has 0 saturated heterocycles. The van der Waals surface area contributed by atoms with Crippen LogP contribution in [0.25, 0.3) is 0 Å². The number of alkyl carbamates (subject to hydrolysis) is 1. The highest BCUT2D eigenvalue weighted by Gasteiger charge is 2.25. The van der Waals surface area contributed by atoms with Gasteiger partial charge in [0.05, 0.1) is 6.04 Å². The van der Waals surface area contributed by atoms with Crippen LogP contribution in [0.5, 0.6) is 0 Å². The minimum absolute atomic E-state index is 0.324. The molecule has 1 aromatic carbocycles. The Morgan fingerprint density at radius 3 is 2.58 bits per heavy atom. The monoisotopic (exact) mass is 364 g/mol. The van der Waals surface area contributed by atoms with Gasteiger partial charge in [-0.05, 0) is 37.4 Å². The van der Waals surface area contributed by atoms with Crippen molar-refractivity contribution in [2.75, 3.05) is 26.2 Å². The molecule has 0 saturated carbocycles. The summed E-state index contributed by atoms with van der Waals surface area (Å²) in [6.07, 6.45) is 0.922. The van der Waals surface area contributed by atoms with E-state index in [9.17, 15) is 9.59 Å². The predicted molar refractivity (Wildman–Crippen MR) is 103 cm³/mol. The first-order chi connectivity index (χ1) is 12.6. The van der Waals surface area contributed by atoms with Gasteiger partial charge in [0.25, 0.3) is 0 Å². The summed E-state index contributed by atoms with van der Waals surface area (Å²) in [6.45, 7) is 6.44. The molecule has 0 bridgehead atoms. The van der Waals surface area contributed by atoms with Crippen LogP contribution in [0.15, 0.2) is 30.3 Å². The summed E-state index contributed by atoms with van der Waals surface area (Å²) >= 11 is 0. The van der Waals surface area contributed by atoms with Gasteiger partial charge in [-0.25, -0.2) is 4.79 Å². The molecule has 1 aromatic rings. The van der Waals surface area contributed by atoms with E-state index in [0.29, 0.717) is 44.8 Å². The van der Waals surface area contributed by atoms with Gasteiger partial charge in [-0.15, -0.1) is 0 Å². The minimum atomic E-state index is -0.499. The molecule has 0 aromatic heterocycles. The van der Waals surface area contributed by atoms with Crippen LogP contribution in [0.2, 0.25) is 0 Å². The SMILES string of the molecule is CC(C)CNC[C@@H](OC(=O)NCCCN)[C@H](Cc1ccccc1)NC=O. The minimum Gasteiger partial charge on any atom is -0.443 e. The van der Waals surface area contributed by atoms with E-state index in [4.69, 9.17) is 10.5 Å². The fourth-order valence-electron chi connectivity index (χ4n) is 2.51. The Hall–Kier alpha value is -2.12. The second-order valence-corrected chi connectivity index (χ2v) is 6.65. The van der Waals surface area contributed by atoms with E-state index in [0.717, 1.165) is 12.1 Å². The lowest BCUT2D eigenvalue weighted by atomic mass is 10.0. The number of hydrogen-bond donors (Lipinski definition) is 4. The molecule has 0 aliphatic heterocycles. The van der Waals surface area contributed by atoms with Gasteiger partial charge >= 0.3 is 6.09 Å². The van der Waals surface area contributed by atoms with Crippen molar-refractivity contribution in [1.82, 2.24) is 16.0 Å². The molecule has 0 unspecified atom stereocenters. The van der Waals surface area contributed by atoms with Gasteiger partial charge in [-0.3, -0.25) is 4.79 Å². The molecule has 146 valence electrons. The summed E-state index contributed by atoms with van der Waals surface area (Å²) in [4.78, 5) is 23.2. The molecule has 0 aliphatic carbocycles. The molecule has 7 nitrogen and oxygen atoms in total. The van der Waals surface area contributed by atoms with Crippen molar-refractivity contribution in [3.8, 4) is 0 Å². The summed E-state index contributed by atoms with van der Waals surface area (Å²) < 4.78 is 5.59. The quantitative estimate of drug-likeness (QED) is 0.309. The van der Waals surface area contributed by atoms with Gasteiger partial charge in [-0.2, -0.15) is 0 Å². The van der Waals surface area contributed by atoms with Crippen LogP contribution >= 0.6 is 0 Å². The van der Waals surface area contributed by atoms with Gasteiger partial charge in [0.2, 0.25) is 6.41 Å². The normalized spacial score (nSPS) is 13.1. The number of benzene rings is 1. The van der Waals surface area contributed by atoms with Crippen LogP contribution in [0.1, 0.15) is 25.8 Å². The third-order valence-electron chi connectivity index (χ3n) is 3.84. The van der Waals surface area contributed by atoms with Crippen molar-refractivity contribution in [3.63, 3.8) is 0 Å². The van der Waals surface area contributed by atoms with Crippen molar-refractivity contribution in [1.29, 1.82) is 0 Å². The number of amides is 2. The maximum atomic E-state index is 12.1. The Labute approximate surface area is 156 Å². The van der Waals surface area contributed by atoms with E-state index in [2.05, 4.69) is 29.8 Å².